The number of para-hydroxylation sites is 1. The molecular weight excluding hydrogens is 378 g/mol. The molecule has 144 valence electrons. The van der Waals surface area contributed by atoms with Gasteiger partial charge in [-0.1, -0.05) is 18.2 Å². The Labute approximate surface area is 154 Å². The fourth-order valence-electron chi connectivity index (χ4n) is 2.74. The van der Waals surface area contributed by atoms with Crippen LogP contribution in [0.15, 0.2) is 52.2 Å². The number of aromatic amines is 1. The number of rotatable bonds is 6. The van der Waals surface area contributed by atoms with Crippen molar-refractivity contribution in [1.29, 1.82) is 0 Å². The van der Waals surface area contributed by atoms with Crippen LogP contribution in [0, 0.1) is 0 Å². The van der Waals surface area contributed by atoms with Crippen molar-refractivity contribution in [3.63, 3.8) is 0 Å². The van der Waals surface area contributed by atoms with E-state index in [-0.39, 0.29) is 6.61 Å². The quantitative estimate of drug-likeness (QED) is 0.714. The lowest BCUT2D eigenvalue weighted by atomic mass is 9.98. The van der Waals surface area contributed by atoms with E-state index in [1.807, 2.05) is 11.1 Å². The molecule has 0 saturated carbocycles. The Hall–Kier alpha value is -2.32. The predicted molar refractivity (Wildman–Crippen MR) is 97.8 cm³/mol. The van der Waals surface area contributed by atoms with E-state index in [4.69, 9.17) is 13.8 Å². The van der Waals surface area contributed by atoms with Crippen LogP contribution >= 0.6 is 8.00 Å². The summed E-state index contributed by atoms with van der Waals surface area (Å²) in [4.78, 5) is 25.1. The van der Waals surface area contributed by atoms with E-state index in [1.54, 1.807) is 24.3 Å². The highest BCUT2D eigenvalue weighted by Gasteiger charge is 2.55. The minimum Gasteiger partial charge on any atom is -0.387 e. The topological polar surface area (TPSA) is 103 Å². The lowest BCUT2D eigenvalue weighted by Crippen LogP contribution is -2.43. The zero-order valence-corrected chi connectivity index (χ0v) is 15.3. The van der Waals surface area contributed by atoms with Crippen LogP contribution in [0.4, 0.5) is 4.39 Å². The molecule has 2 heterocycles. The second-order valence-corrected chi connectivity index (χ2v) is 7.28. The summed E-state index contributed by atoms with van der Waals surface area (Å²) >= 11 is 0. The molecule has 10 heteroatoms. The van der Waals surface area contributed by atoms with Crippen molar-refractivity contribution in [3.8, 4) is 5.75 Å². The Morgan fingerprint density at radius 1 is 1.37 bits per heavy atom. The van der Waals surface area contributed by atoms with Crippen molar-refractivity contribution < 1.29 is 23.3 Å². The summed E-state index contributed by atoms with van der Waals surface area (Å²) in [6.07, 6.45) is 0.848. The largest absolute Gasteiger partial charge is 0.473 e. The summed E-state index contributed by atoms with van der Waals surface area (Å²) in [5, 5.41) is 10.3. The third-order valence-electron chi connectivity index (χ3n) is 4.15. The number of halogens is 1. The maximum Gasteiger partial charge on any atom is 0.473 e. The average Bonchev–Trinajstić information content (AvgIpc) is 2.84. The molecule has 1 fully saturated rings. The average molecular weight is 397 g/mol. The van der Waals surface area contributed by atoms with Gasteiger partial charge >= 0.3 is 13.7 Å². The van der Waals surface area contributed by atoms with E-state index < -0.39 is 43.4 Å². The first-order chi connectivity index (χ1) is 12.8. The molecule has 1 aromatic carbocycles. The van der Waals surface area contributed by atoms with Crippen molar-refractivity contribution in [3.05, 3.63) is 63.4 Å². The first-order valence-electron chi connectivity index (χ1n) is 8.09. The van der Waals surface area contributed by atoms with Gasteiger partial charge in [-0.05, 0) is 19.1 Å². The normalized spacial score (nSPS) is 28.1. The number of hydrogen-bond donors (Lipinski definition) is 2. The zero-order chi connectivity index (χ0) is 19.6. The summed E-state index contributed by atoms with van der Waals surface area (Å²) < 4.78 is 32.4. The fourth-order valence-corrected chi connectivity index (χ4v) is 3.47. The van der Waals surface area contributed by atoms with Crippen LogP contribution in [-0.4, -0.2) is 45.4 Å². The van der Waals surface area contributed by atoms with Gasteiger partial charge in [-0.25, -0.2) is 9.18 Å². The van der Waals surface area contributed by atoms with Gasteiger partial charge in [0.1, 0.15) is 25.1 Å². The van der Waals surface area contributed by atoms with E-state index in [2.05, 4.69) is 6.30 Å². The van der Waals surface area contributed by atoms with Crippen LogP contribution < -0.4 is 15.8 Å². The van der Waals surface area contributed by atoms with E-state index in [1.165, 1.54) is 0 Å². The Morgan fingerprint density at radius 2 is 2.07 bits per heavy atom. The number of aromatic nitrogens is 2. The summed E-state index contributed by atoms with van der Waals surface area (Å²) in [5.74, 6) is 0.569. The molecule has 5 atom stereocenters. The number of aliphatic hydroxyl groups excluding tert-OH is 1. The highest BCUT2D eigenvalue weighted by Crippen LogP contribution is 2.41. The predicted octanol–water partition coefficient (Wildman–Crippen LogP) is 1.36. The van der Waals surface area contributed by atoms with Crippen molar-refractivity contribution >= 4 is 14.3 Å². The molecule has 2 N–H and O–H groups in total. The smallest absolute Gasteiger partial charge is 0.387 e. The molecule has 2 aromatic rings. The number of ether oxygens (including phenoxy) is 1. The molecule has 0 spiro atoms. The summed E-state index contributed by atoms with van der Waals surface area (Å²) in [6, 6.07) is 9.97. The van der Waals surface area contributed by atoms with Gasteiger partial charge in [0.25, 0.3) is 5.56 Å². The molecule has 27 heavy (non-hydrogen) atoms. The third-order valence-corrected chi connectivity index (χ3v) is 5.01. The first kappa shape index (κ1) is 19.4. The number of aliphatic hydroxyl groups is 1. The van der Waals surface area contributed by atoms with Crippen molar-refractivity contribution in [2.24, 2.45) is 0 Å². The van der Waals surface area contributed by atoms with Crippen LogP contribution in [0.5, 0.6) is 5.75 Å². The Kier molecular flexibility index (Phi) is 5.57. The standard InChI is InChI=1S/C17H18FN2O6P/c1-17(18)14(22)12(10-24-27(2)26-11-6-4-3-5-7-11)25-15(17)20-9-8-13(21)19-16(20)23/h3-9,12,14-15,22H,2,10H2,1H3/p+1/t12?,14-,15?,17-/m1/s1. The number of nitrogens with one attached hydrogen (secondary N) is 1. The molecule has 1 aliphatic heterocycles. The molecule has 0 bridgehead atoms. The lowest BCUT2D eigenvalue weighted by Gasteiger charge is -2.24. The number of alkyl halides is 1. The van der Waals surface area contributed by atoms with Crippen LogP contribution in [0.1, 0.15) is 13.2 Å². The van der Waals surface area contributed by atoms with E-state index >= 15 is 4.39 Å². The van der Waals surface area contributed by atoms with Crippen molar-refractivity contribution in [2.75, 3.05) is 6.61 Å². The van der Waals surface area contributed by atoms with Crippen LogP contribution in [0.3, 0.4) is 0 Å². The van der Waals surface area contributed by atoms with Crippen LogP contribution in [0.2, 0.25) is 0 Å². The maximum atomic E-state index is 15.0. The molecule has 1 aromatic heterocycles. The number of benzene rings is 1. The van der Waals surface area contributed by atoms with Gasteiger partial charge < -0.3 is 9.84 Å². The minimum absolute atomic E-state index is 0.183. The summed E-state index contributed by atoms with van der Waals surface area (Å²) in [7, 11) is -1.58. The Balaban J connectivity index is 1.68. The van der Waals surface area contributed by atoms with Gasteiger partial charge in [0, 0.05) is 12.3 Å². The van der Waals surface area contributed by atoms with Gasteiger partial charge in [0.2, 0.25) is 0 Å². The zero-order valence-electron chi connectivity index (χ0n) is 14.4. The van der Waals surface area contributed by atoms with E-state index in [0.29, 0.717) is 5.75 Å². The fraction of sp³-hybridized carbons (Fsp3) is 0.353. The maximum absolute atomic E-state index is 15.0. The van der Waals surface area contributed by atoms with Crippen LogP contribution in [0.25, 0.3) is 0 Å². The van der Waals surface area contributed by atoms with E-state index in [9.17, 15) is 14.7 Å². The number of hydrogen-bond acceptors (Lipinski definition) is 6. The SMILES string of the molecule is C=[P+](OCC1OC(n2ccc(=O)[nH]c2=O)[C@](C)(F)[C@@H]1O)Oc1ccccc1. The molecule has 3 rings (SSSR count). The van der Waals surface area contributed by atoms with Gasteiger partial charge in [-0.2, -0.15) is 0 Å². The highest BCUT2D eigenvalue weighted by atomic mass is 31.1. The monoisotopic (exact) mass is 397 g/mol. The number of H-pyrrole nitrogens is 1. The first-order valence-corrected chi connectivity index (χ1v) is 9.46. The highest BCUT2D eigenvalue weighted by molar-refractivity contribution is 7.46. The minimum atomic E-state index is -2.28. The van der Waals surface area contributed by atoms with Gasteiger partial charge in [0.05, 0.1) is 0 Å². The lowest BCUT2D eigenvalue weighted by molar-refractivity contribution is -0.0581. The second-order valence-electron chi connectivity index (χ2n) is 6.17. The summed E-state index contributed by atoms with van der Waals surface area (Å²) in [6.45, 7) is 0.935. The van der Waals surface area contributed by atoms with Crippen molar-refractivity contribution in [2.45, 2.75) is 31.0 Å². The Bertz CT molecular complexity index is 929. The van der Waals surface area contributed by atoms with Gasteiger partial charge in [0.15, 0.2) is 17.6 Å². The van der Waals surface area contributed by atoms with Gasteiger partial charge in [-0.15, -0.1) is 4.52 Å². The van der Waals surface area contributed by atoms with Gasteiger partial charge in [-0.3, -0.25) is 18.9 Å². The molecule has 0 aliphatic carbocycles. The van der Waals surface area contributed by atoms with E-state index in [0.717, 1.165) is 23.8 Å². The molecular formula is C17H19FN2O6P+. The molecule has 3 unspecified atom stereocenters. The third kappa shape index (κ3) is 4.17. The van der Waals surface area contributed by atoms with Crippen LogP contribution in [-0.2, 0) is 9.26 Å². The summed E-state index contributed by atoms with van der Waals surface area (Å²) in [5.41, 5.74) is -3.73. The number of nitrogens with zero attached hydrogens (tertiary/aromatic N) is 1. The molecule has 8 nitrogen and oxygen atoms in total. The second kappa shape index (κ2) is 7.74. The van der Waals surface area contributed by atoms with Crippen molar-refractivity contribution in [1.82, 2.24) is 9.55 Å². The molecule has 1 saturated heterocycles. The Morgan fingerprint density at radius 3 is 2.74 bits per heavy atom. The molecule has 0 amide bonds. The molecule has 1 aliphatic rings. The molecule has 0 radical (unpaired) electrons.